The first kappa shape index (κ1) is 11.9. The molecule has 3 heteroatoms. The summed E-state index contributed by atoms with van der Waals surface area (Å²) in [6.45, 7) is 5.11. The van der Waals surface area contributed by atoms with Gasteiger partial charge < -0.3 is 10.4 Å². The van der Waals surface area contributed by atoms with Gasteiger partial charge in [-0.1, -0.05) is 12.5 Å². The average molecular weight is 284 g/mol. The van der Waals surface area contributed by atoms with Gasteiger partial charge in [-0.25, -0.2) is 0 Å². The standard InChI is InChI=1S/C13H18BrNO/c1-8-7-10(9(2)12(14)13(8)16)11-5-3-4-6-15-11/h7,11,15-16H,3-6H2,1-2H3. The smallest absolute Gasteiger partial charge is 0.132 e. The Kier molecular flexibility index (Phi) is 3.55. The molecule has 2 N–H and O–H groups in total. The topological polar surface area (TPSA) is 32.3 Å². The molecule has 1 aliphatic heterocycles. The summed E-state index contributed by atoms with van der Waals surface area (Å²) in [5.41, 5.74) is 3.42. The monoisotopic (exact) mass is 283 g/mol. The molecule has 0 amide bonds. The number of aromatic hydroxyl groups is 1. The number of rotatable bonds is 1. The van der Waals surface area contributed by atoms with E-state index in [1.807, 2.05) is 6.92 Å². The lowest BCUT2D eigenvalue weighted by Crippen LogP contribution is -2.27. The Balaban J connectivity index is 2.40. The summed E-state index contributed by atoms with van der Waals surface area (Å²) in [7, 11) is 0. The molecule has 1 fully saturated rings. The summed E-state index contributed by atoms with van der Waals surface area (Å²) in [6.07, 6.45) is 3.75. The lowest BCUT2D eigenvalue weighted by Gasteiger charge is -2.26. The lowest BCUT2D eigenvalue weighted by molar-refractivity contribution is 0.409. The minimum atomic E-state index is 0.372. The number of phenols is 1. The lowest BCUT2D eigenvalue weighted by atomic mass is 9.92. The third kappa shape index (κ3) is 2.11. The van der Waals surface area contributed by atoms with Crippen LogP contribution in [0.4, 0.5) is 0 Å². The van der Waals surface area contributed by atoms with E-state index in [0.717, 1.165) is 22.1 Å². The molecule has 1 unspecified atom stereocenters. The molecule has 1 atom stereocenters. The fraction of sp³-hybridized carbons (Fsp3) is 0.538. The first-order chi connectivity index (χ1) is 7.61. The summed E-state index contributed by atoms with van der Waals surface area (Å²) in [5, 5.41) is 13.4. The van der Waals surface area contributed by atoms with E-state index in [4.69, 9.17) is 0 Å². The van der Waals surface area contributed by atoms with Crippen LogP contribution in [0.25, 0.3) is 0 Å². The maximum absolute atomic E-state index is 9.84. The Bertz CT molecular complexity index is 397. The first-order valence-electron chi connectivity index (χ1n) is 5.83. The van der Waals surface area contributed by atoms with Gasteiger partial charge in [-0.3, -0.25) is 0 Å². The van der Waals surface area contributed by atoms with Gasteiger partial charge in [0.05, 0.1) is 4.47 Å². The second-order valence-corrected chi connectivity index (χ2v) is 5.37. The fourth-order valence-electron chi connectivity index (χ4n) is 2.37. The predicted molar refractivity (Wildman–Crippen MR) is 69.9 cm³/mol. The molecule has 0 aliphatic carbocycles. The Labute approximate surface area is 105 Å². The number of hydrogen-bond acceptors (Lipinski definition) is 2. The van der Waals surface area contributed by atoms with E-state index in [1.54, 1.807) is 0 Å². The number of aryl methyl sites for hydroxylation is 1. The molecule has 0 spiro atoms. The number of benzene rings is 1. The molecule has 1 aliphatic rings. The van der Waals surface area contributed by atoms with Crippen LogP contribution in [0.5, 0.6) is 5.75 Å². The Morgan fingerprint density at radius 3 is 2.75 bits per heavy atom. The molecule has 2 nitrogen and oxygen atoms in total. The molecule has 0 bridgehead atoms. The van der Waals surface area contributed by atoms with Gasteiger partial charge in [-0.15, -0.1) is 0 Å². The number of halogens is 1. The maximum Gasteiger partial charge on any atom is 0.132 e. The molecule has 88 valence electrons. The highest BCUT2D eigenvalue weighted by molar-refractivity contribution is 9.10. The number of hydrogen-bond donors (Lipinski definition) is 2. The number of phenolic OH excluding ortho intramolecular Hbond substituents is 1. The molecule has 1 aromatic carbocycles. The number of piperidine rings is 1. The average Bonchev–Trinajstić information content (AvgIpc) is 2.32. The summed E-state index contributed by atoms with van der Waals surface area (Å²) in [6, 6.07) is 2.56. The van der Waals surface area contributed by atoms with Gasteiger partial charge in [-0.2, -0.15) is 0 Å². The second kappa shape index (κ2) is 4.76. The highest BCUT2D eigenvalue weighted by atomic mass is 79.9. The minimum Gasteiger partial charge on any atom is -0.506 e. The van der Waals surface area contributed by atoms with Gasteiger partial charge >= 0.3 is 0 Å². The van der Waals surface area contributed by atoms with Crippen molar-refractivity contribution in [3.8, 4) is 5.75 Å². The van der Waals surface area contributed by atoms with Crippen molar-refractivity contribution >= 4 is 15.9 Å². The third-order valence-electron chi connectivity index (χ3n) is 3.40. The van der Waals surface area contributed by atoms with Crippen LogP contribution < -0.4 is 5.32 Å². The van der Waals surface area contributed by atoms with Gasteiger partial charge in [-0.05, 0) is 65.9 Å². The molecule has 0 radical (unpaired) electrons. The molecule has 1 heterocycles. The van der Waals surface area contributed by atoms with E-state index in [2.05, 4.69) is 34.2 Å². The Morgan fingerprint density at radius 2 is 2.12 bits per heavy atom. The van der Waals surface area contributed by atoms with Crippen molar-refractivity contribution in [3.63, 3.8) is 0 Å². The van der Waals surface area contributed by atoms with Crippen molar-refractivity contribution in [3.05, 3.63) is 27.2 Å². The Morgan fingerprint density at radius 1 is 1.38 bits per heavy atom. The predicted octanol–water partition coefficient (Wildman–Crippen LogP) is 3.59. The van der Waals surface area contributed by atoms with Gasteiger partial charge in [0, 0.05) is 6.04 Å². The number of nitrogens with one attached hydrogen (secondary N) is 1. The van der Waals surface area contributed by atoms with Gasteiger partial charge in [0.15, 0.2) is 0 Å². The second-order valence-electron chi connectivity index (χ2n) is 4.57. The summed E-state index contributed by atoms with van der Waals surface area (Å²) in [4.78, 5) is 0. The van der Waals surface area contributed by atoms with Crippen LogP contribution in [0.15, 0.2) is 10.5 Å². The maximum atomic E-state index is 9.84. The highest BCUT2D eigenvalue weighted by Gasteiger charge is 2.19. The highest BCUT2D eigenvalue weighted by Crippen LogP contribution is 2.37. The normalized spacial score (nSPS) is 21.1. The van der Waals surface area contributed by atoms with E-state index in [0.29, 0.717) is 11.8 Å². The molecule has 1 saturated heterocycles. The third-order valence-corrected chi connectivity index (χ3v) is 4.37. The van der Waals surface area contributed by atoms with E-state index in [9.17, 15) is 5.11 Å². The zero-order valence-corrected chi connectivity index (χ0v) is 11.4. The van der Waals surface area contributed by atoms with E-state index < -0.39 is 0 Å². The summed E-state index contributed by atoms with van der Waals surface area (Å²) < 4.78 is 0.842. The van der Waals surface area contributed by atoms with Crippen LogP contribution >= 0.6 is 15.9 Å². The molecule has 1 aromatic rings. The van der Waals surface area contributed by atoms with Gasteiger partial charge in [0.25, 0.3) is 0 Å². The van der Waals surface area contributed by atoms with Crippen molar-refractivity contribution in [1.82, 2.24) is 5.32 Å². The molecule has 0 aromatic heterocycles. The zero-order valence-electron chi connectivity index (χ0n) is 9.81. The van der Waals surface area contributed by atoms with E-state index in [1.165, 1.54) is 24.8 Å². The quantitative estimate of drug-likeness (QED) is 0.826. The van der Waals surface area contributed by atoms with Crippen LogP contribution in [0.3, 0.4) is 0 Å². The van der Waals surface area contributed by atoms with Crippen molar-refractivity contribution in [2.45, 2.75) is 39.2 Å². The largest absolute Gasteiger partial charge is 0.506 e. The molecule has 2 rings (SSSR count). The van der Waals surface area contributed by atoms with E-state index in [-0.39, 0.29) is 0 Å². The molecule has 16 heavy (non-hydrogen) atoms. The van der Waals surface area contributed by atoms with Crippen LogP contribution in [-0.2, 0) is 0 Å². The van der Waals surface area contributed by atoms with Crippen molar-refractivity contribution < 1.29 is 5.11 Å². The zero-order chi connectivity index (χ0) is 11.7. The minimum absolute atomic E-state index is 0.372. The van der Waals surface area contributed by atoms with E-state index >= 15 is 0 Å². The fourth-order valence-corrected chi connectivity index (χ4v) is 2.91. The van der Waals surface area contributed by atoms with Crippen LogP contribution in [0, 0.1) is 13.8 Å². The summed E-state index contributed by atoms with van der Waals surface area (Å²) in [5.74, 6) is 0.372. The van der Waals surface area contributed by atoms with Crippen LogP contribution in [0.2, 0.25) is 0 Å². The van der Waals surface area contributed by atoms with Crippen LogP contribution in [0.1, 0.15) is 42.0 Å². The van der Waals surface area contributed by atoms with Gasteiger partial charge in [0.1, 0.15) is 5.75 Å². The van der Waals surface area contributed by atoms with Crippen molar-refractivity contribution in [2.75, 3.05) is 6.54 Å². The molecular formula is C13H18BrNO. The molecular weight excluding hydrogens is 266 g/mol. The van der Waals surface area contributed by atoms with Crippen molar-refractivity contribution in [1.29, 1.82) is 0 Å². The SMILES string of the molecule is Cc1cc(C2CCCCN2)c(C)c(Br)c1O. The van der Waals surface area contributed by atoms with Crippen LogP contribution in [-0.4, -0.2) is 11.7 Å². The summed E-state index contributed by atoms with van der Waals surface area (Å²) >= 11 is 3.47. The van der Waals surface area contributed by atoms with Gasteiger partial charge in [0.2, 0.25) is 0 Å². The molecule has 0 saturated carbocycles. The Hall–Kier alpha value is -0.540. The first-order valence-corrected chi connectivity index (χ1v) is 6.62. The van der Waals surface area contributed by atoms with Crippen molar-refractivity contribution in [2.24, 2.45) is 0 Å².